The highest BCUT2D eigenvalue weighted by atomic mass is 35.5. The second-order valence-corrected chi connectivity index (χ2v) is 7.70. The summed E-state index contributed by atoms with van der Waals surface area (Å²) in [6.07, 6.45) is 1.72. The summed E-state index contributed by atoms with van der Waals surface area (Å²) in [5, 5.41) is 0.887. The fourth-order valence-electron chi connectivity index (χ4n) is 2.69. The molecule has 0 saturated heterocycles. The largest absolute Gasteiger partial charge is 0.293 e. The van der Waals surface area contributed by atoms with Crippen LogP contribution in [0.15, 0.2) is 18.2 Å². The predicted molar refractivity (Wildman–Crippen MR) is 82.8 cm³/mol. The van der Waals surface area contributed by atoms with Crippen LogP contribution in [0.25, 0.3) is 0 Å². The number of thiazole rings is 1. The Hall–Kier alpha value is -1.26. The van der Waals surface area contributed by atoms with Crippen molar-refractivity contribution in [2.24, 2.45) is 5.41 Å². The van der Waals surface area contributed by atoms with Gasteiger partial charge in [0.1, 0.15) is 5.82 Å². The maximum absolute atomic E-state index is 13.9. The van der Waals surface area contributed by atoms with Crippen molar-refractivity contribution in [1.29, 1.82) is 0 Å². The lowest BCUT2D eigenvalue weighted by molar-refractivity contribution is 0.0916. The van der Waals surface area contributed by atoms with Crippen molar-refractivity contribution in [3.05, 3.63) is 50.2 Å². The molecule has 0 spiro atoms. The lowest BCUT2D eigenvalue weighted by Crippen LogP contribution is -2.26. The van der Waals surface area contributed by atoms with Gasteiger partial charge in [0.15, 0.2) is 5.78 Å². The second-order valence-electron chi connectivity index (χ2n) is 6.21. The Labute approximate surface area is 132 Å². The minimum Gasteiger partial charge on any atom is -0.293 e. The van der Waals surface area contributed by atoms with Gasteiger partial charge >= 0.3 is 0 Å². The highest BCUT2D eigenvalue weighted by Crippen LogP contribution is 2.37. The average molecular weight is 324 g/mol. The molecule has 0 atom stereocenters. The Morgan fingerprint density at radius 2 is 2.14 bits per heavy atom. The molecule has 2 nitrogen and oxygen atoms in total. The van der Waals surface area contributed by atoms with Gasteiger partial charge in [0.2, 0.25) is 0 Å². The van der Waals surface area contributed by atoms with E-state index in [0.717, 1.165) is 22.0 Å². The molecule has 1 aliphatic rings. The fraction of sp³-hybridized carbons (Fsp3) is 0.375. The SMILES string of the molecule is CC1(C)CC(=O)c2sc(Cc3cccc(Cl)c3F)nc2C1. The Morgan fingerprint density at radius 1 is 1.38 bits per heavy atom. The van der Waals surface area contributed by atoms with Gasteiger partial charge < -0.3 is 0 Å². The molecule has 3 rings (SSSR count). The van der Waals surface area contributed by atoms with E-state index in [1.807, 2.05) is 0 Å². The van der Waals surface area contributed by atoms with Crippen LogP contribution in [0.5, 0.6) is 0 Å². The van der Waals surface area contributed by atoms with E-state index in [2.05, 4.69) is 18.8 Å². The summed E-state index contributed by atoms with van der Waals surface area (Å²) in [5.74, 6) is -0.254. The molecule has 5 heteroatoms. The van der Waals surface area contributed by atoms with Crippen molar-refractivity contribution in [3.63, 3.8) is 0 Å². The van der Waals surface area contributed by atoms with Gasteiger partial charge in [0.25, 0.3) is 0 Å². The van der Waals surface area contributed by atoms with Crippen LogP contribution in [0.1, 0.15) is 46.2 Å². The van der Waals surface area contributed by atoms with Gasteiger partial charge in [0.05, 0.1) is 20.6 Å². The number of rotatable bonds is 2. The summed E-state index contributed by atoms with van der Waals surface area (Å²) < 4.78 is 13.9. The monoisotopic (exact) mass is 323 g/mol. The molecule has 0 unspecified atom stereocenters. The van der Waals surface area contributed by atoms with Gasteiger partial charge in [-0.05, 0) is 23.5 Å². The van der Waals surface area contributed by atoms with Crippen LogP contribution in [0.4, 0.5) is 4.39 Å². The first-order valence-electron chi connectivity index (χ1n) is 6.80. The van der Waals surface area contributed by atoms with E-state index in [1.54, 1.807) is 12.1 Å². The molecule has 0 saturated carbocycles. The number of fused-ring (bicyclic) bond motifs is 1. The fourth-order valence-corrected chi connectivity index (χ4v) is 3.93. The Bertz CT molecular complexity index is 723. The van der Waals surface area contributed by atoms with Crippen LogP contribution in [-0.2, 0) is 12.8 Å². The standard InChI is InChI=1S/C16H15ClFNOS/c1-16(2)7-11-15(12(20)8-16)21-13(19-11)6-9-4-3-5-10(17)14(9)18/h3-5H,6-8H2,1-2H3. The van der Waals surface area contributed by atoms with E-state index in [-0.39, 0.29) is 16.2 Å². The number of benzene rings is 1. The highest BCUT2D eigenvalue weighted by molar-refractivity contribution is 7.13. The molecule has 0 amide bonds. The van der Waals surface area contributed by atoms with Crippen molar-refractivity contribution in [2.45, 2.75) is 33.1 Å². The zero-order valence-corrected chi connectivity index (χ0v) is 13.4. The lowest BCUT2D eigenvalue weighted by atomic mass is 9.78. The molecule has 0 bridgehead atoms. The first kappa shape index (κ1) is 14.7. The predicted octanol–water partition coefficient (Wildman–Crippen LogP) is 4.68. The molecule has 1 heterocycles. The molecule has 2 aromatic rings. The van der Waals surface area contributed by atoms with Gasteiger partial charge in [-0.2, -0.15) is 0 Å². The van der Waals surface area contributed by atoms with Crippen molar-refractivity contribution in [1.82, 2.24) is 4.98 Å². The first-order valence-corrected chi connectivity index (χ1v) is 8.00. The Morgan fingerprint density at radius 3 is 2.90 bits per heavy atom. The molecular formula is C16H15ClFNOS. The number of halogens is 2. The maximum atomic E-state index is 13.9. The van der Waals surface area contributed by atoms with E-state index in [0.29, 0.717) is 18.4 Å². The topological polar surface area (TPSA) is 30.0 Å². The van der Waals surface area contributed by atoms with Crippen LogP contribution in [-0.4, -0.2) is 10.8 Å². The third-order valence-electron chi connectivity index (χ3n) is 3.65. The quantitative estimate of drug-likeness (QED) is 0.803. The van der Waals surface area contributed by atoms with E-state index >= 15 is 0 Å². The summed E-state index contributed by atoms with van der Waals surface area (Å²) in [6.45, 7) is 4.15. The third kappa shape index (κ3) is 2.87. The van der Waals surface area contributed by atoms with Gasteiger partial charge in [-0.1, -0.05) is 37.6 Å². The van der Waals surface area contributed by atoms with Crippen LogP contribution in [0.3, 0.4) is 0 Å². The number of aromatic nitrogens is 1. The molecule has 1 aromatic carbocycles. The van der Waals surface area contributed by atoms with Gasteiger partial charge in [-0.25, -0.2) is 9.37 Å². The molecule has 110 valence electrons. The summed E-state index contributed by atoms with van der Waals surface area (Å²) in [4.78, 5) is 17.5. The summed E-state index contributed by atoms with van der Waals surface area (Å²) in [5.41, 5.74) is 1.33. The van der Waals surface area contributed by atoms with E-state index < -0.39 is 5.82 Å². The van der Waals surface area contributed by atoms with E-state index in [4.69, 9.17) is 11.6 Å². The summed E-state index contributed by atoms with van der Waals surface area (Å²) in [7, 11) is 0. The minimum absolute atomic E-state index is 0.0449. The zero-order chi connectivity index (χ0) is 15.2. The molecule has 21 heavy (non-hydrogen) atoms. The van der Waals surface area contributed by atoms with Crippen molar-refractivity contribution < 1.29 is 9.18 Å². The number of carbonyl (C=O) groups is 1. The Balaban J connectivity index is 1.92. The van der Waals surface area contributed by atoms with E-state index in [9.17, 15) is 9.18 Å². The van der Waals surface area contributed by atoms with E-state index in [1.165, 1.54) is 17.4 Å². The number of ketones is 1. The van der Waals surface area contributed by atoms with Gasteiger partial charge in [0, 0.05) is 12.8 Å². The normalized spacial score (nSPS) is 16.9. The smallest absolute Gasteiger partial charge is 0.175 e. The van der Waals surface area contributed by atoms with Gasteiger partial charge in [-0.15, -0.1) is 11.3 Å². The zero-order valence-electron chi connectivity index (χ0n) is 11.9. The van der Waals surface area contributed by atoms with Gasteiger partial charge in [-0.3, -0.25) is 4.79 Å². The van der Waals surface area contributed by atoms with Crippen LogP contribution in [0, 0.1) is 11.2 Å². The number of Topliss-reactive ketones (excluding diaryl/α,β-unsaturated/α-hetero) is 1. The molecule has 1 aromatic heterocycles. The average Bonchev–Trinajstić information content (AvgIpc) is 2.76. The highest BCUT2D eigenvalue weighted by Gasteiger charge is 2.33. The van der Waals surface area contributed by atoms with Crippen molar-refractivity contribution in [2.75, 3.05) is 0 Å². The lowest BCUT2D eigenvalue weighted by Gasteiger charge is -2.26. The number of hydrogen-bond donors (Lipinski definition) is 0. The molecular weight excluding hydrogens is 309 g/mol. The maximum Gasteiger partial charge on any atom is 0.175 e. The second kappa shape index (κ2) is 5.18. The number of hydrogen-bond acceptors (Lipinski definition) is 3. The third-order valence-corrected chi connectivity index (χ3v) is 5.08. The molecule has 0 fully saturated rings. The minimum atomic E-state index is -0.404. The number of carbonyl (C=O) groups excluding carboxylic acids is 1. The van der Waals surface area contributed by atoms with Crippen molar-refractivity contribution in [3.8, 4) is 0 Å². The summed E-state index contributed by atoms with van der Waals surface area (Å²) in [6, 6.07) is 4.95. The first-order chi connectivity index (χ1) is 9.85. The molecule has 0 aliphatic heterocycles. The van der Waals surface area contributed by atoms with Crippen LogP contribution in [0.2, 0.25) is 5.02 Å². The van der Waals surface area contributed by atoms with Crippen molar-refractivity contribution >= 4 is 28.7 Å². The molecule has 1 aliphatic carbocycles. The molecule has 0 radical (unpaired) electrons. The number of nitrogens with zero attached hydrogens (tertiary/aromatic N) is 1. The van der Waals surface area contributed by atoms with Crippen LogP contribution >= 0.6 is 22.9 Å². The van der Waals surface area contributed by atoms with Crippen LogP contribution < -0.4 is 0 Å². The summed E-state index contributed by atoms with van der Waals surface area (Å²) >= 11 is 7.18. The Kier molecular flexibility index (Phi) is 3.62. The molecule has 0 N–H and O–H groups in total.